The number of hydrogen-bond acceptors (Lipinski definition) is 3. The van der Waals surface area contributed by atoms with Gasteiger partial charge in [-0.15, -0.1) is 0 Å². The Morgan fingerprint density at radius 3 is 3.00 bits per heavy atom. The Hall–Kier alpha value is -1.07. The molecule has 0 saturated heterocycles. The predicted octanol–water partition coefficient (Wildman–Crippen LogP) is 1.80. The molecule has 1 aromatic carbocycles. The van der Waals surface area contributed by atoms with Gasteiger partial charge in [0.15, 0.2) is 0 Å². The molecule has 0 spiro atoms. The van der Waals surface area contributed by atoms with Gasteiger partial charge in [-0.05, 0) is 22.0 Å². The second kappa shape index (κ2) is 4.20. The van der Waals surface area contributed by atoms with Crippen LogP contribution in [0, 0.1) is 0 Å². The largest absolute Gasteiger partial charge is 0.495 e. The normalized spacial score (nSPS) is 10.9. The molecule has 0 radical (unpaired) electrons. The molecule has 0 aliphatic rings. The molecule has 80 valence electrons. The van der Waals surface area contributed by atoms with Gasteiger partial charge in [-0.2, -0.15) is 5.10 Å². The second-order valence-corrected chi connectivity index (χ2v) is 4.02. The van der Waals surface area contributed by atoms with Gasteiger partial charge in [-0.25, -0.2) is 0 Å². The molecule has 5 heteroatoms. The lowest BCUT2D eigenvalue weighted by Gasteiger charge is -2.01. The number of aliphatic hydroxyl groups excluding tert-OH is 1. The third kappa shape index (κ3) is 1.98. The van der Waals surface area contributed by atoms with Crippen LogP contribution in [0.15, 0.2) is 22.8 Å². The van der Waals surface area contributed by atoms with Crippen molar-refractivity contribution in [3.05, 3.63) is 22.8 Å². The van der Waals surface area contributed by atoms with Crippen LogP contribution in [0.2, 0.25) is 0 Å². The highest BCUT2D eigenvalue weighted by molar-refractivity contribution is 9.10. The highest BCUT2D eigenvalue weighted by Crippen LogP contribution is 2.29. The van der Waals surface area contributed by atoms with E-state index in [1.165, 1.54) is 0 Å². The Kier molecular flexibility index (Phi) is 2.93. The molecule has 1 N–H and O–H groups in total. The summed E-state index contributed by atoms with van der Waals surface area (Å²) in [4.78, 5) is 0. The van der Waals surface area contributed by atoms with Crippen LogP contribution in [0.1, 0.15) is 0 Å². The quantitative estimate of drug-likeness (QED) is 0.926. The molecule has 0 bridgehead atoms. The summed E-state index contributed by atoms with van der Waals surface area (Å²) in [6.45, 7) is 0.598. The summed E-state index contributed by atoms with van der Waals surface area (Å²) in [5, 5.41) is 14.1. The lowest BCUT2D eigenvalue weighted by atomic mass is 10.2. The van der Waals surface area contributed by atoms with Crippen LogP contribution >= 0.6 is 15.9 Å². The molecule has 15 heavy (non-hydrogen) atoms. The van der Waals surface area contributed by atoms with Crippen molar-refractivity contribution in [1.82, 2.24) is 9.78 Å². The van der Waals surface area contributed by atoms with Crippen LogP contribution in [0.25, 0.3) is 10.9 Å². The van der Waals surface area contributed by atoms with E-state index < -0.39 is 0 Å². The van der Waals surface area contributed by atoms with E-state index in [2.05, 4.69) is 21.0 Å². The van der Waals surface area contributed by atoms with Gasteiger partial charge in [0.25, 0.3) is 0 Å². The molecule has 0 aliphatic heterocycles. The first-order chi connectivity index (χ1) is 7.24. The first kappa shape index (κ1) is 10.4. The van der Waals surface area contributed by atoms with Crippen molar-refractivity contribution < 1.29 is 9.84 Å². The Labute approximate surface area is 95.6 Å². The van der Waals surface area contributed by atoms with Crippen molar-refractivity contribution in [2.45, 2.75) is 6.54 Å². The van der Waals surface area contributed by atoms with Crippen molar-refractivity contribution in [2.75, 3.05) is 13.7 Å². The number of aliphatic hydroxyl groups is 1. The van der Waals surface area contributed by atoms with Crippen molar-refractivity contribution in [3.63, 3.8) is 0 Å². The molecule has 2 rings (SSSR count). The minimum absolute atomic E-state index is 0.0896. The average molecular weight is 271 g/mol. The number of benzene rings is 1. The predicted molar refractivity (Wildman–Crippen MR) is 61.1 cm³/mol. The summed E-state index contributed by atoms with van der Waals surface area (Å²) >= 11 is 3.41. The smallest absolute Gasteiger partial charge is 0.135 e. The van der Waals surface area contributed by atoms with Crippen LogP contribution in [0.5, 0.6) is 5.75 Å². The molecule has 0 aliphatic carbocycles. The molecule has 1 aromatic heterocycles. The van der Waals surface area contributed by atoms with Gasteiger partial charge in [0.2, 0.25) is 0 Å². The van der Waals surface area contributed by atoms with Crippen molar-refractivity contribution in [2.24, 2.45) is 0 Å². The third-order valence-corrected chi connectivity index (χ3v) is 2.77. The lowest BCUT2D eigenvalue weighted by molar-refractivity contribution is 0.270. The number of hydrogen-bond donors (Lipinski definition) is 1. The summed E-state index contributed by atoms with van der Waals surface area (Å²) in [5.74, 6) is 0.761. The van der Waals surface area contributed by atoms with Gasteiger partial charge in [0.05, 0.1) is 30.3 Å². The average Bonchev–Trinajstić information content (AvgIpc) is 2.58. The lowest BCUT2D eigenvalue weighted by Crippen LogP contribution is -2.01. The zero-order chi connectivity index (χ0) is 10.8. The molecular formula is C10H11BrN2O2. The summed E-state index contributed by atoms with van der Waals surface area (Å²) in [7, 11) is 1.62. The second-order valence-electron chi connectivity index (χ2n) is 3.16. The summed E-state index contributed by atoms with van der Waals surface area (Å²) in [6, 6.07) is 3.82. The molecule has 1 heterocycles. The number of rotatable bonds is 3. The molecule has 0 unspecified atom stereocenters. The van der Waals surface area contributed by atoms with E-state index in [0.29, 0.717) is 6.54 Å². The summed E-state index contributed by atoms with van der Waals surface area (Å²) in [6.07, 6.45) is 1.90. The Morgan fingerprint density at radius 1 is 1.53 bits per heavy atom. The maximum absolute atomic E-state index is 8.81. The molecule has 0 atom stereocenters. The van der Waals surface area contributed by atoms with Gasteiger partial charge in [0, 0.05) is 17.6 Å². The maximum atomic E-state index is 8.81. The SMILES string of the molecule is COc1cc2nn(CCO)cc2cc1Br. The number of fused-ring (bicyclic) bond motifs is 1. The van der Waals surface area contributed by atoms with Gasteiger partial charge >= 0.3 is 0 Å². The van der Waals surface area contributed by atoms with E-state index in [1.807, 2.05) is 18.3 Å². The van der Waals surface area contributed by atoms with Gasteiger partial charge in [-0.1, -0.05) is 0 Å². The molecule has 4 nitrogen and oxygen atoms in total. The highest BCUT2D eigenvalue weighted by atomic mass is 79.9. The van der Waals surface area contributed by atoms with Crippen LogP contribution in [-0.2, 0) is 6.54 Å². The number of ether oxygens (including phenoxy) is 1. The standard InChI is InChI=1S/C10H11BrN2O2/c1-15-10-5-9-7(4-8(10)11)6-13(12-9)2-3-14/h4-6,14H,2-3H2,1H3. The van der Waals surface area contributed by atoms with Crippen molar-refractivity contribution in [1.29, 1.82) is 0 Å². The van der Waals surface area contributed by atoms with Crippen molar-refractivity contribution in [3.8, 4) is 5.75 Å². The number of halogens is 1. The molecule has 0 saturated carbocycles. The minimum atomic E-state index is 0.0896. The van der Waals surface area contributed by atoms with Crippen LogP contribution < -0.4 is 4.74 Å². The summed E-state index contributed by atoms with van der Waals surface area (Å²) < 4.78 is 7.80. The van der Waals surface area contributed by atoms with Crippen LogP contribution in [-0.4, -0.2) is 28.6 Å². The fraction of sp³-hybridized carbons (Fsp3) is 0.300. The van der Waals surface area contributed by atoms with Crippen LogP contribution in [0.4, 0.5) is 0 Å². The highest BCUT2D eigenvalue weighted by Gasteiger charge is 2.06. The first-order valence-corrected chi connectivity index (χ1v) is 5.35. The van der Waals surface area contributed by atoms with E-state index in [0.717, 1.165) is 21.1 Å². The molecule has 0 amide bonds. The Balaban J connectivity index is 2.51. The van der Waals surface area contributed by atoms with Crippen LogP contribution in [0.3, 0.4) is 0 Å². The zero-order valence-corrected chi connectivity index (χ0v) is 9.86. The number of methoxy groups -OCH3 is 1. The molecule has 0 fully saturated rings. The number of nitrogens with zero attached hydrogens (tertiary/aromatic N) is 2. The molecular weight excluding hydrogens is 260 g/mol. The third-order valence-electron chi connectivity index (χ3n) is 2.15. The first-order valence-electron chi connectivity index (χ1n) is 4.56. The Bertz CT molecular complexity index is 481. The Morgan fingerprint density at radius 2 is 2.33 bits per heavy atom. The van der Waals surface area contributed by atoms with Crippen molar-refractivity contribution >= 4 is 26.8 Å². The van der Waals surface area contributed by atoms with E-state index in [-0.39, 0.29) is 6.61 Å². The minimum Gasteiger partial charge on any atom is -0.495 e. The van der Waals surface area contributed by atoms with Gasteiger partial charge < -0.3 is 9.84 Å². The van der Waals surface area contributed by atoms with E-state index >= 15 is 0 Å². The van der Waals surface area contributed by atoms with E-state index in [9.17, 15) is 0 Å². The number of aromatic nitrogens is 2. The topological polar surface area (TPSA) is 47.3 Å². The fourth-order valence-electron chi connectivity index (χ4n) is 1.45. The van der Waals surface area contributed by atoms with Gasteiger partial charge in [0.1, 0.15) is 5.75 Å². The zero-order valence-electron chi connectivity index (χ0n) is 8.27. The monoisotopic (exact) mass is 270 g/mol. The fourth-order valence-corrected chi connectivity index (χ4v) is 1.97. The van der Waals surface area contributed by atoms with E-state index in [1.54, 1.807) is 11.8 Å². The van der Waals surface area contributed by atoms with Gasteiger partial charge in [-0.3, -0.25) is 4.68 Å². The summed E-state index contributed by atoms with van der Waals surface area (Å²) in [5.41, 5.74) is 0.864. The molecule has 2 aromatic rings. The van der Waals surface area contributed by atoms with E-state index in [4.69, 9.17) is 9.84 Å². The maximum Gasteiger partial charge on any atom is 0.135 e.